The van der Waals surface area contributed by atoms with Crippen molar-refractivity contribution in [3.8, 4) is 22.6 Å². The highest BCUT2D eigenvalue weighted by atomic mass is 35.5. The van der Waals surface area contributed by atoms with Crippen LogP contribution in [0.2, 0.25) is 5.02 Å². The van der Waals surface area contributed by atoms with Crippen molar-refractivity contribution in [3.05, 3.63) is 77.2 Å². The minimum absolute atomic E-state index is 0.00418. The van der Waals surface area contributed by atoms with Crippen LogP contribution in [0.3, 0.4) is 0 Å². The van der Waals surface area contributed by atoms with Crippen LogP contribution in [0.4, 0.5) is 29.6 Å². The van der Waals surface area contributed by atoms with Crippen molar-refractivity contribution in [2.24, 2.45) is 0 Å². The number of hydrogen-bond donors (Lipinski definition) is 4. The molecule has 4 N–H and O–H groups in total. The third kappa shape index (κ3) is 6.92. The summed E-state index contributed by atoms with van der Waals surface area (Å²) in [6.45, 7) is 1.91. The van der Waals surface area contributed by atoms with E-state index in [4.69, 9.17) is 11.6 Å². The number of amides is 3. The van der Waals surface area contributed by atoms with Crippen LogP contribution in [-0.4, -0.2) is 63.0 Å². The molecule has 0 saturated carbocycles. The van der Waals surface area contributed by atoms with Gasteiger partial charge in [0.05, 0.1) is 23.5 Å². The molecule has 0 aliphatic carbocycles. The van der Waals surface area contributed by atoms with Gasteiger partial charge in [0, 0.05) is 48.6 Å². The second-order valence-corrected chi connectivity index (χ2v) is 9.59. The van der Waals surface area contributed by atoms with E-state index in [2.05, 4.69) is 35.9 Å². The zero-order valence-corrected chi connectivity index (χ0v) is 22.2. The first-order valence-electron chi connectivity index (χ1n) is 12.6. The molecular formula is C27H24ClF3N8O2. The maximum atomic E-state index is 13.7. The second-order valence-electron chi connectivity index (χ2n) is 9.15. The Hall–Kier alpha value is -4.65. The highest BCUT2D eigenvalue weighted by Gasteiger charge is 2.36. The number of carbonyl (C=O) groups excluding carboxylic acids is 2. The van der Waals surface area contributed by atoms with Gasteiger partial charge in [-0.25, -0.2) is 19.7 Å². The number of imidazole rings is 1. The summed E-state index contributed by atoms with van der Waals surface area (Å²) < 4.78 is 41.0. The minimum atomic E-state index is -4.73. The fourth-order valence-corrected chi connectivity index (χ4v) is 4.38. The second kappa shape index (κ2) is 11.8. The summed E-state index contributed by atoms with van der Waals surface area (Å²) in [4.78, 5) is 40.6. The Balaban J connectivity index is 1.37. The van der Waals surface area contributed by atoms with E-state index < -0.39 is 12.0 Å². The van der Waals surface area contributed by atoms with Gasteiger partial charge in [-0.1, -0.05) is 35.9 Å². The molecule has 0 atom stereocenters. The molecule has 1 saturated heterocycles. The summed E-state index contributed by atoms with van der Waals surface area (Å²) in [5.41, 5.74) is 1.70. The molecule has 1 aliphatic rings. The number of H-pyrrole nitrogens is 1. The van der Waals surface area contributed by atoms with Crippen LogP contribution in [0.5, 0.6) is 0 Å². The fourth-order valence-electron chi connectivity index (χ4n) is 4.25. The number of hydrogen-bond acceptors (Lipinski definition) is 6. The van der Waals surface area contributed by atoms with Crippen LogP contribution < -0.4 is 16.0 Å². The molecule has 3 amide bonds. The molecule has 2 aromatic heterocycles. The van der Waals surface area contributed by atoms with Crippen LogP contribution in [-0.2, 0) is 17.4 Å². The van der Waals surface area contributed by atoms with Crippen LogP contribution in [0.25, 0.3) is 22.6 Å². The fraction of sp³-hybridized carbons (Fsp3) is 0.222. The summed E-state index contributed by atoms with van der Waals surface area (Å²) in [5, 5.41) is 9.03. The molecule has 0 spiro atoms. The van der Waals surface area contributed by atoms with E-state index in [-0.39, 0.29) is 41.4 Å². The van der Waals surface area contributed by atoms with E-state index in [1.807, 2.05) is 0 Å². The number of aromatic nitrogens is 4. The van der Waals surface area contributed by atoms with Crippen LogP contribution in [0.1, 0.15) is 11.4 Å². The number of alkyl halides is 3. The summed E-state index contributed by atoms with van der Waals surface area (Å²) >= 11 is 5.89. The topological polar surface area (TPSA) is 128 Å². The Kier molecular flexibility index (Phi) is 8.06. The van der Waals surface area contributed by atoms with E-state index in [9.17, 15) is 22.8 Å². The maximum absolute atomic E-state index is 13.7. The molecule has 4 aromatic rings. The average Bonchev–Trinajstić information content (AvgIpc) is 3.57. The van der Waals surface area contributed by atoms with Gasteiger partial charge >= 0.3 is 12.2 Å². The summed E-state index contributed by atoms with van der Waals surface area (Å²) in [7, 11) is 0. The Labute approximate surface area is 237 Å². The minimum Gasteiger partial charge on any atom is -0.352 e. The van der Waals surface area contributed by atoms with Gasteiger partial charge in [0.25, 0.3) is 0 Å². The van der Waals surface area contributed by atoms with Gasteiger partial charge in [-0.3, -0.25) is 4.79 Å². The summed E-state index contributed by atoms with van der Waals surface area (Å²) in [5.74, 6) is -1.31. The number of benzene rings is 2. The molecule has 3 heterocycles. The van der Waals surface area contributed by atoms with Gasteiger partial charge in [-0.2, -0.15) is 13.2 Å². The molecule has 41 heavy (non-hydrogen) atoms. The average molecular weight is 585 g/mol. The van der Waals surface area contributed by atoms with Gasteiger partial charge in [-0.05, 0) is 35.9 Å². The predicted octanol–water partition coefficient (Wildman–Crippen LogP) is 4.82. The maximum Gasteiger partial charge on any atom is 0.449 e. The van der Waals surface area contributed by atoms with Gasteiger partial charge in [-0.15, -0.1) is 0 Å². The van der Waals surface area contributed by atoms with Crippen LogP contribution >= 0.6 is 11.6 Å². The Morgan fingerprint density at radius 1 is 1.10 bits per heavy atom. The smallest absolute Gasteiger partial charge is 0.352 e. The van der Waals surface area contributed by atoms with Crippen molar-refractivity contribution in [3.63, 3.8) is 0 Å². The lowest BCUT2D eigenvalue weighted by molar-refractivity contribution is -0.144. The van der Waals surface area contributed by atoms with Crippen molar-refractivity contribution in [2.45, 2.75) is 12.6 Å². The van der Waals surface area contributed by atoms with Crippen molar-refractivity contribution in [1.29, 1.82) is 0 Å². The highest BCUT2D eigenvalue weighted by molar-refractivity contribution is 6.30. The molecule has 2 aromatic carbocycles. The lowest BCUT2D eigenvalue weighted by Gasteiger charge is -2.14. The number of aromatic amines is 1. The summed E-state index contributed by atoms with van der Waals surface area (Å²) in [6, 6.07) is 14.5. The number of halogens is 4. The highest BCUT2D eigenvalue weighted by Crippen LogP contribution is 2.36. The molecule has 0 unspecified atom stereocenters. The number of nitrogens with one attached hydrogen (secondary N) is 4. The largest absolute Gasteiger partial charge is 0.449 e. The standard InChI is InChI=1S/C27H24ClF3N8O2/c28-18-6-4-16(5-7-18)14-21(40)35-19-3-1-2-17(15-19)22-23(38-24(37-22)27(29,30)31)20-8-9-32-25(36-20)33-10-12-39-13-11-34-26(39)41/h1-9,15H,10-14H2,(H,34,41)(H,35,40)(H,37,38)(H,32,33,36). The Morgan fingerprint density at radius 3 is 2.63 bits per heavy atom. The first-order chi connectivity index (χ1) is 19.7. The quantitative estimate of drug-likeness (QED) is 0.223. The molecular weight excluding hydrogens is 561 g/mol. The van der Waals surface area contributed by atoms with Gasteiger partial charge < -0.3 is 25.8 Å². The molecule has 5 rings (SSSR count). The van der Waals surface area contributed by atoms with Crippen molar-refractivity contribution < 1.29 is 22.8 Å². The van der Waals surface area contributed by atoms with Crippen LogP contribution in [0, 0.1) is 0 Å². The third-order valence-electron chi connectivity index (χ3n) is 6.19. The Bertz CT molecular complexity index is 1560. The van der Waals surface area contributed by atoms with Gasteiger partial charge in [0.1, 0.15) is 0 Å². The zero-order chi connectivity index (χ0) is 29.0. The Morgan fingerprint density at radius 2 is 1.90 bits per heavy atom. The molecule has 1 fully saturated rings. The lowest BCUT2D eigenvalue weighted by Crippen LogP contribution is -2.32. The summed E-state index contributed by atoms with van der Waals surface area (Å²) in [6.07, 6.45) is -3.23. The third-order valence-corrected chi connectivity index (χ3v) is 6.44. The van der Waals surface area contributed by atoms with Crippen LogP contribution in [0.15, 0.2) is 60.8 Å². The molecule has 1 aliphatic heterocycles. The van der Waals surface area contributed by atoms with Crippen molar-refractivity contribution >= 4 is 35.2 Å². The molecule has 0 bridgehead atoms. The van der Waals surface area contributed by atoms with E-state index in [1.54, 1.807) is 53.4 Å². The monoisotopic (exact) mass is 584 g/mol. The van der Waals surface area contributed by atoms with E-state index in [0.717, 1.165) is 5.56 Å². The van der Waals surface area contributed by atoms with Crippen molar-refractivity contribution in [1.82, 2.24) is 30.2 Å². The van der Waals surface area contributed by atoms with E-state index in [0.29, 0.717) is 42.5 Å². The molecule has 0 radical (unpaired) electrons. The lowest BCUT2D eigenvalue weighted by atomic mass is 10.1. The number of urea groups is 1. The predicted molar refractivity (Wildman–Crippen MR) is 147 cm³/mol. The van der Waals surface area contributed by atoms with Gasteiger partial charge in [0.15, 0.2) is 0 Å². The number of rotatable bonds is 9. The molecule has 212 valence electrons. The number of anilines is 2. The SMILES string of the molecule is O=C(Cc1ccc(Cl)cc1)Nc1cccc(-c2nc(C(F)(F)F)[nH]c2-c2ccnc(NCCN3CCNC3=O)n2)c1. The van der Waals surface area contributed by atoms with Crippen molar-refractivity contribution in [2.75, 3.05) is 36.8 Å². The molecule has 10 nitrogen and oxygen atoms in total. The zero-order valence-electron chi connectivity index (χ0n) is 21.4. The van der Waals surface area contributed by atoms with E-state index >= 15 is 0 Å². The number of carbonyl (C=O) groups is 2. The molecule has 14 heteroatoms. The first kappa shape index (κ1) is 27.9. The van der Waals surface area contributed by atoms with Gasteiger partial charge in [0.2, 0.25) is 17.7 Å². The first-order valence-corrected chi connectivity index (χ1v) is 13.0. The number of nitrogens with zero attached hydrogens (tertiary/aromatic N) is 4. The normalized spacial score (nSPS) is 13.3. The van der Waals surface area contributed by atoms with E-state index in [1.165, 1.54) is 12.3 Å².